The maximum atomic E-state index is 12.9. The van der Waals surface area contributed by atoms with Gasteiger partial charge in [-0.25, -0.2) is 4.79 Å². The van der Waals surface area contributed by atoms with Crippen LogP contribution in [0.25, 0.3) is 0 Å². The molecule has 220 valence electrons. The van der Waals surface area contributed by atoms with Gasteiger partial charge in [0.05, 0.1) is 43.4 Å². The van der Waals surface area contributed by atoms with Crippen LogP contribution in [0.15, 0.2) is 72.8 Å². The maximum Gasteiger partial charge on any atom is 0.345 e. The van der Waals surface area contributed by atoms with Gasteiger partial charge in [0.15, 0.2) is 6.04 Å². The van der Waals surface area contributed by atoms with Crippen molar-refractivity contribution < 1.29 is 23.5 Å². The maximum absolute atomic E-state index is 12.9. The van der Waals surface area contributed by atoms with E-state index in [-0.39, 0.29) is 22.5 Å². The van der Waals surface area contributed by atoms with Gasteiger partial charge in [-0.2, -0.15) is 0 Å². The second kappa shape index (κ2) is 16.4. The molecule has 6 nitrogen and oxygen atoms in total. The third-order valence-electron chi connectivity index (χ3n) is 6.85. The van der Waals surface area contributed by atoms with Crippen LogP contribution < -0.4 is 14.8 Å². The number of nitrogens with one attached hydrogen (secondary N) is 1. The minimum atomic E-state index is -0.565. The Bertz CT molecular complexity index is 1240. The van der Waals surface area contributed by atoms with Crippen molar-refractivity contribution in [2.75, 3.05) is 34.3 Å². The number of hydrogen-bond donors (Lipinski definition) is 1. The Morgan fingerprint density at radius 3 is 2.10 bits per heavy atom. The van der Waals surface area contributed by atoms with E-state index in [1.54, 1.807) is 42.5 Å². The topological polar surface area (TPSA) is 64.6 Å². The average molecular weight is 601 g/mol. The number of unbranched alkanes of at least 4 members (excludes halogenated alkanes) is 5. The van der Waals surface area contributed by atoms with Gasteiger partial charge in [0.25, 0.3) is 5.91 Å². The SMILES string of the molecule is C[N+](C)(C)C(Cc1ccccc1)C(=O)NCCCCCCCCOc1ccc(OC(=O)c2cccc(Cl)c2Cl)cc1. The highest BCUT2D eigenvalue weighted by molar-refractivity contribution is 6.43. The van der Waals surface area contributed by atoms with Crippen LogP contribution in [0.4, 0.5) is 0 Å². The Labute approximate surface area is 254 Å². The first-order chi connectivity index (χ1) is 19.6. The summed E-state index contributed by atoms with van der Waals surface area (Å²) in [6.07, 6.45) is 7.13. The van der Waals surface area contributed by atoms with Crippen LogP contribution in [0.3, 0.4) is 0 Å². The lowest BCUT2D eigenvalue weighted by molar-refractivity contribution is -0.886. The molecule has 3 aromatic carbocycles. The number of likely N-dealkylation sites (N-methyl/N-ethyl adjacent to an activating group) is 1. The van der Waals surface area contributed by atoms with Crippen molar-refractivity contribution in [2.24, 2.45) is 0 Å². The molecule has 1 N–H and O–H groups in total. The zero-order chi connectivity index (χ0) is 29.7. The molecule has 0 spiro atoms. The summed E-state index contributed by atoms with van der Waals surface area (Å²) in [5, 5.41) is 3.63. The van der Waals surface area contributed by atoms with E-state index >= 15 is 0 Å². The summed E-state index contributed by atoms with van der Waals surface area (Å²) in [7, 11) is 6.22. The summed E-state index contributed by atoms with van der Waals surface area (Å²) in [5.41, 5.74) is 1.40. The van der Waals surface area contributed by atoms with Crippen LogP contribution in [-0.2, 0) is 11.2 Å². The van der Waals surface area contributed by atoms with E-state index < -0.39 is 5.97 Å². The molecule has 0 aliphatic rings. The molecule has 0 fully saturated rings. The van der Waals surface area contributed by atoms with Gasteiger partial charge in [-0.05, 0) is 54.8 Å². The molecule has 0 aromatic heterocycles. The Hall–Kier alpha value is -3.06. The molecule has 8 heteroatoms. The molecule has 0 saturated heterocycles. The van der Waals surface area contributed by atoms with Crippen LogP contribution in [0.5, 0.6) is 11.5 Å². The fourth-order valence-corrected chi connectivity index (χ4v) is 4.81. The van der Waals surface area contributed by atoms with E-state index in [2.05, 4.69) is 38.6 Å². The molecule has 3 rings (SSSR count). The monoisotopic (exact) mass is 599 g/mol. The van der Waals surface area contributed by atoms with Gasteiger partial charge >= 0.3 is 5.97 Å². The first kappa shape index (κ1) is 32.5. The molecule has 1 amide bonds. The first-order valence-corrected chi connectivity index (χ1v) is 14.9. The largest absolute Gasteiger partial charge is 0.494 e. The van der Waals surface area contributed by atoms with E-state index in [4.69, 9.17) is 32.7 Å². The number of carbonyl (C=O) groups is 2. The normalized spacial score (nSPS) is 12.0. The number of benzene rings is 3. The van der Waals surface area contributed by atoms with Crippen molar-refractivity contribution in [1.82, 2.24) is 5.32 Å². The first-order valence-electron chi connectivity index (χ1n) is 14.2. The smallest absolute Gasteiger partial charge is 0.345 e. The third kappa shape index (κ3) is 11.0. The fraction of sp³-hybridized carbons (Fsp3) is 0.394. The molecular formula is C33H41Cl2N2O4+. The van der Waals surface area contributed by atoms with Gasteiger partial charge in [0.2, 0.25) is 0 Å². The molecule has 1 atom stereocenters. The van der Waals surface area contributed by atoms with Crippen LogP contribution in [-0.4, -0.2) is 56.7 Å². The predicted octanol–water partition coefficient (Wildman–Crippen LogP) is 7.37. The van der Waals surface area contributed by atoms with Crippen molar-refractivity contribution in [3.05, 3.63) is 94.0 Å². The van der Waals surface area contributed by atoms with Crippen molar-refractivity contribution in [2.45, 2.75) is 51.0 Å². The Morgan fingerprint density at radius 2 is 1.41 bits per heavy atom. The average Bonchev–Trinajstić information content (AvgIpc) is 2.94. The molecule has 0 saturated carbocycles. The Morgan fingerprint density at radius 1 is 0.780 bits per heavy atom. The molecule has 0 aliphatic carbocycles. The number of ether oxygens (including phenoxy) is 2. The van der Waals surface area contributed by atoms with Gasteiger partial charge in [0.1, 0.15) is 11.5 Å². The molecular weight excluding hydrogens is 559 g/mol. The van der Waals surface area contributed by atoms with Crippen LogP contribution in [0.1, 0.15) is 54.4 Å². The lowest BCUT2D eigenvalue weighted by atomic mass is 10.0. The number of esters is 1. The minimum Gasteiger partial charge on any atom is -0.494 e. The van der Waals surface area contributed by atoms with Gasteiger partial charge in [0, 0.05) is 13.0 Å². The molecule has 0 radical (unpaired) electrons. The number of quaternary nitrogens is 1. The summed E-state index contributed by atoms with van der Waals surface area (Å²) in [5.74, 6) is 0.680. The zero-order valence-corrected chi connectivity index (χ0v) is 25.7. The van der Waals surface area contributed by atoms with E-state index in [0.29, 0.717) is 28.4 Å². The number of rotatable bonds is 16. The molecule has 0 bridgehead atoms. The highest BCUT2D eigenvalue weighted by Crippen LogP contribution is 2.27. The van der Waals surface area contributed by atoms with Gasteiger partial charge in [-0.3, -0.25) is 4.79 Å². The van der Waals surface area contributed by atoms with Crippen LogP contribution in [0.2, 0.25) is 10.0 Å². The van der Waals surface area contributed by atoms with Crippen molar-refractivity contribution >= 4 is 35.1 Å². The summed E-state index contributed by atoms with van der Waals surface area (Å²) in [4.78, 5) is 25.3. The van der Waals surface area contributed by atoms with E-state index in [0.717, 1.165) is 50.7 Å². The lowest BCUT2D eigenvalue weighted by Crippen LogP contribution is -2.55. The summed E-state index contributed by atoms with van der Waals surface area (Å²) in [6.45, 7) is 1.34. The highest BCUT2D eigenvalue weighted by atomic mass is 35.5. The summed E-state index contributed by atoms with van der Waals surface area (Å²) < 4.78 is 11.8. The predicted molar refractivity (Wildman–Crippen MR) is 166 cm³/mol. The van der Waals surface area contributed by atoms with Gasteiger partial charge in [-0.15, -0.1) is 0 Å². The quantitative estimate of drug-likeness (QED) is 0.0808. The number of amides is 1. The van der Waals surface area contributed by atoms with Crippen LogP contribution >= 0.6 is 23.2 Å². The molecule has 0 aliphatic heterocycles. The molecule has 3 aromatic rings. The third-order valence-corrected chi connectivity index (χ3v) is 7.67. The molecule has 0 heterocycles. The second-order valence-electron chi connectivity index (χ2n) is 11.0. The highest BCUT2D eigenvalue weighted by Gasteiger charge is 2.31. The number of nitrogens with zero attached hydrogens (tertiary/aromatic N) is 1. The standard InChI is InChI=1S/C33H40Cl2N2O4/c1-37(2,3)30(24-25-14-9-8-10-15-25)32(38)36-22-11-6-4-5-7-12-23-40-26-18-20-27(21-19-26)41-33(39)28-16-13-17-29(34)31(28)35/h8-10,13-21,30H,4-7,11-12,22-24H2,1-3H3/p+1. The van der Waals surface area contributed by atoms with E-state index in [1.165, 1.54) is 5.56 Å². The van der Waals surface area contributed by atoms with Gasteiger partial charge in [-0.1, -0.05) is 85.3 Å². The lowest BCUT2D eigenvalue weighted by Gasteiger charge is -2.33. The van der Waals surface area contributed by atoms with Crippen molar-refractivity contribution in [3.8, 4) is 11.5 Å². The summed E-state index contributed by atoms with van der Waals surface area (Å²) in [6, 6.07) is 21.9. The number of hydrogen-bond acceptors (Lipinski definition) is 4. The Kier molecular flexibility index (Phi) is 13.0. The van der Waals surface area contributed by atoms with E-state index in [9.17, 15) is 9.59 Å². The van der Waals surface area contributed by atoms with Gasteiger partial charge < -0.3 is 19.3 Å². The zero-order valence-electron chi connectivity index (χ0n) is 24.2. The summed E-state index contributed by atoms with van der Waals surface area (Å²) >= 11 is 12.1. The second-order valence-corrected chi connectivity index (χ2v) is 11.8. The van der Waals surface area contributed by atoms with Crippen molar-refractivity contribution in [3.63, 3.8) is 0 Å². The molecule has 41 heavy (non-hydrogen) atoms. The van der Waals surface area contributed by atoms with E-state index in [1.807, 2.05) is 18.2 Å². The fourth-order valence-electron chi connectivity index (χ4n) is 4.44. The molecule has 1 unspecified atom stereocenters. The van der Waals surface area contributed by atoms with Crippen LogP contribution in [0, 0.1) is 0 Å². The number of carbonyl (C=O) groups excluding carboxylic acids is 2. The number of halogens is 2. The Balaban J connectivity index is 1.25. The van der Waals surface area contributed by atoms with Crippen molar-refractivity contribution in [1.29, 1.82) is 0 Å². The minimum absolute atomic E-state index is 0.114.